The number of benzene rings is 1. The van der Waals surface area contributed by atoms with Crippen molar-refractivity contribution in [2.75, 3.05) is 23.9 Å². The van der Waals surface area contributed by atoms with Gasteiger partial charge in [0.15, 0.2) is 0 Å². The zero-order valence-electron chi connectivity index (χ0n) is 12.0. The third-order valence-corrected chi connectivity index (χ3v) is 3.69. The minimum Gasteiger partial charge on any atom is -0.381 e. The molecule has 1 atom stereocenters. The quantitative estimate of drug-likeness (QED) is 0.834. The topological polar surface area (TPSA) is 75.3 Å². The highest BCUT2D eigenvalue weighted by atomic mass is 32.2. The average molecular weight is 320 g/mol. The summed E-state index contributed by atoms with van der Waals surface area (Å²) >= 11 is 0. The maximum absolute atomic E-state index is 13.7. The van der Waals surface area contributed by atoms with Crippen LogP contribution < -0.4 is 10.6 Å². The molecule has 1 aromatic carbocycles. The Morgan fingerprint density at radius 3 is 2.24 bits per heavy atom. The van der Waals surface area contributed by atoms with Crippen molar-refractivity contribution in [1.29, 1.82) is 0 Å². The van der Waals surface area contributed by atoms with Gasteiger partial charge in [0, 0.05) is 24.4 Å². The second kappa shape index (κ2) is 6.84. The zero-order valence-corrected chi connectivity index (χ0v) is 12.9. The van der Waals surface area contributed by atoms with Crippen molar-refractivity contribution in [3.8, 4) is 0 Å². The second-order valence-electron chi connectivity index (χ2n) is 4.81. The van der Waals surface area contributed by atoms with E-state index in [1.165, 1.54) is 6.92 Å². The van der Waals surface area contributed by atoms with Gasteiger partial charge < -0.3 is 10.6 Å². The summed E-state index contributed by atoms with van der Waals surface area (Å²) in [6, 6.07) is 1.15. The summed E-state index contributed by atoms with van der Waals surface area (Å²) in [6.07, 6.45) is 1.04. The molecule has 5 nitrogen and oxygen atoms in total. The van der Waals surface area contributed by atoms with Gasteiger partial charge in [-0.3, -0.25) is 4.79 Å². The Hall–Kier alpha value is -1.70. The summed E-state index contributed by atoms with van der Waals surface area (Å²) in [6.45, 7) is 3.52. The van der Waals surface area contributed by atoms with Gasteiger partial charge in [-0.15, -0.1) is 0 Å². The van der Waals surface area contributed by atoms with Crippen LogP contribution in [0.15, 0.2) is 12.1 Å². The third kappa shape index (κ3) is 5.30. The molecule has 0 saturated carbocycles. The van der Waals surface area contributed by atoms with Gasteiger partial charge in [-0.25, -0.2) is 17.2 Å². The van der Waals surface area contributed by atoms with Gasteiger partial charge in [0.1, 0.15) is 27.2 Å². The number of halogens is 2. The number of anilines is 1. The molecule has 1 unspecified atom stereocenters. The predicted octanol–water partition coefficient (Wildman–Crippen LogP) is 1.56. The van der Waals surface area contributed by atoms with Crippen molar-refractivity contribution in [3.05, 3.63) is 29.3 Å². The first-order valence-corrected chi connectivity index (χ1v) is 8.41. The van der Waals surface area contributed by atoms with Crippen molar-refractivity contribution in [3.63, 3.8) is 0 Å². The SMILES string of the molecule is CCNc1c(F)cc(C(=O)NC(C)CS(C)(=O)=O)cc1F. The van der Waals surface area contributed by atoms with Gasteiger partial charge in [-0.1, -0.05) is 0 Å². The van der Waals surface area contributed by atoms with Crippen LogP contribution in [0.5, 0.6) is 0 Å². The fraction of sp³-hybridized carbons (Fsp3) is 0.462. The summed E-state index contributed by atoms with van der Waals surface area (Å²) in [4.78, 5) is 11.9. The van der Waals surface area contributed by atoms with Crippen LogP contribution in [0, 0.1) is 11.6 Å². The van der Waals surface area contributed by atoms with Crippen LogP contribution in [-0.4, -0.2) is 38.9 Å². The number of hydrogen-bond donors (Lipinski definition) is 2. The smallest absolute Gasteiger partial charge is 0.251 e. The highest BCUT2D eigenvalue weighted by Crippen LogP contribution is 2.20. The first-order valence-electron chi connectivity index (χ1n) is 6.35. The van der Waals surface area contributed by atoms with Gasteiger partial charge in [0.2, 0.25) is 0 Å². The lowest BCUT2D eigenvalue weighted by molar-refractivity contribution is 0.0942. The molecule has 0 bridgehead atoms. The molecule has 0 radical (unpaired) electrons. The molecule has 0 aromatic heterocycles. The van der Waals surface area contributed by atoms with Gasteiger partial charge in [-0.2, -0.15) is 0 Å². The Morgan fingerprint density at radius 2 is 1.81 bits per heavy atom. The normalized spacial score (nSPS) is 12.8. The minimum absolute atomic E-state index is 0.202. The molecule has 0 spiro atoms. The van der Waals surface area contributed by atoms with Crippen LogP contribution in [0.1, 0.15) is 24.2 Å². The molecule has 0 aliphatic heterocycles. The van der Waals surface area contributed by atoms with E-state index in [4.69, 9.17) is 0 Å². The lowest BCUT2D eigenvalue weighted by Gasteiger charge is -2.14. The van der Waals surface area contributed by atoms with E-state index in [-0.39, 0.29) is 17.0 Å². The molecule has 2 N–H and O–H groups in total. The van der Waals surface area contributed by atoms with E-state index in [1.807, 2.05) is 0 Å². The summed E-state index contributed by atoms with van der Waals surface area (Å²) in [5.41, 5.74) is -0.495. The summed E-state index contributed by atoms with van der Waals surface area (Å²) in [7, 11) is -3.25. The fourth-order valence-electron chi connectivity index (χ4n) is 1.85. The number of rotatable bonds is 6. The van der Waals surface area contributed by atoms with Crippen LogP contribution in [0.3, 0.4) is 0 Å². The van der Waals surface area contributed by atoms with Crippen molar-refractivity contribution in [2.45, 2.75) is 19.9 Å². The predicted molar refractivity (Wildman–Crippen MR) is 77.2 cm³/mol. The highest BCUT2D eigenvalue weighted by molar-refractivity contribution is 7.90. The molecule has 1 rings (SSSR count). The van der Waals surface area contributed by atoms with E-state index in [0.29, 0.717) is 6.54 Å². The summed E-state index contributed by atoms with van der Waals surface area (Å²) in [5, 5.41) is 4.91. The Morgan fingerprint density at radius 1 is 1.29 bits per heavy atom. The van der Waals surface area contributed by atoms with Crippen molar-refractivity contribution in [2.24, 2.45) is 0 Å². The molecule has 0 heterocycles. The monoisotopic (exact) mass is 320 g/mol. The highest BCUT2D eigenvalue weighted by Gasteiger charge is 2.18. The number of carbonyl (C=O) groups excluding carboxylic acids is 1. The molecular weight excluding hydrogens is 302 g/mol. The van der Waals surface area contributed by atoms with Gasteiger partial charge in [-0.05, 0) is 26.0 Å². The first kappa shape index (κ1) is 17.4. The molecular formula is C13H18F2N2O3S. The van der Waals surface area contributed by atoms with E-state index in [9.17, 15) is 22.0 Å². The maximum atomic E-state index is 13.7. The lowest BCUT2D eigenvalue weighted by Crippen LogP contribution is -2.37. The maximum Gasteiger partial charge on any atom is 0.251 e. The van der Waals surface area contributed by atoms with Crippen LogP contribution in [0.25, 0.3) is 0 Å². The number of sulfone groups is 1. The number of carbonyl (C=O) groups is 1. The number of nitrogens with one attached hydrogen (secondary N) is 2. The summed E-state index contributed by atoms with van der Waals surface area (Å²) < 4.78 is 49.6. The Bertz CT molecular complexity index is 609. The zero-order chi connectivity index (χ0) is 16.2. The Labute approximate surface area is 122 Å². The second-order valence-corrected chi connectivity index (χ2v) is 7.00. The van der Waals surface area contributed by atoms with E-state index in [1.54, 1.807) is 6.92 Å². The van der Waals surface area contributed by atoms with Crippen LogP contribution in [-0.2, 0) is 9.84 Å². The largest absolute Gasteiger partial charge is 0.381 e. The van der Waals surface area contributed by atoms with Gasteiger partial charge in [0.05, 0.1) is 5.75 Å². The Kier molecular flexibility index (Phi) is 5.65. The molecule has 21 heavy (non-hydrogen) atoms. The molecule has 8 heteroatoms. The average Bonchev–Trinajstić information content (AvgIpc) is 2.30. The number of amides is 1. The van der Waals surface area contributed by atoms with Crippen LogP contribution >= 0.6 is 0 Å². The van der Waals surface area contributed by atoms with E-state index in [0.717, 1.165) is 18.4 Å². The molecule has 0 aliphatic rings. The van der Waals surface area contributed by atoms with Gasteiger partial charge in [0.25, 0.3) is 5.91 Å². The summed E-state index contributed by atoms with van der Waals surface area (Å²) in [5.74, 6) is -2.73. The van der Waals surface area contributed by atoms with Crippen LogP contribution in [0.2, 0.25) is 0 Å². The Balaban J connectivity index is 2.89. The molecule has 1 amide bonds. The molecule has 118 valence electrons. The lowest BCUT2D eigenvalue weighted by atomic mass is 10.1. The van der Waals surface area contributed by atoms with E-state index in [2.05, 4.69) is 10.6 Å². The van der Waals surface area contributed by atoms with Crippen molar-refractivity contribution in [1.82, 2.24) is 5.32 Å². The molecule has 0 aliphatic carbocycles. The molecule has 0 saturated heterocycles. The molecule has 0 fully saturated rings. The minimum atomic E-state index is -3.25. The van der Waals surface area contributed by atoms with Crippen molar-refractivity contribution < 1.29 is 22.0 Å². The fourth-order valence-corrected chi connectivity index (χ4v) is 2.84. The van der Waals surface area contributed by atoms with E-state index < -0.39 is 33.4 Å². The molecule has 1 aromatic rings. The van der Waals surface area contributed by atoms with Gasteiger partial charge >= 0.3 is 0 Å². The van der Waals surface area contributed by atoms with Crippen LogP contribution in [0.4, 0.5) is 14.5 Å². The first-order chi connectivity index (χ1) is 9.64. The van der Waals surface area contributed by atoms with Crippen molar-refractivity contribution >= 4 is 21.4 Å². The third-order valence-electron chi connectivity index (χ3n) is 2.59. The number of hydrogen-bond acceptors (Lipinski definition) is 4. The standard InChI is InChI=1S/C13H18F2N2O3S/c1-4-16-12-10(14)5-9(6-11(12)15)13(18)17-8(2)7-21(3,19)20/h5-6,8,16H,4,7H2,1-3H3,(H,17,18). The van der Waals surface area contributed by atoms with E-state index >= 15 is 0 Å².